The molecule has 2 aliphatic heterocycles. The number of piperidine rings is 1. The Kier molecular flexibility index (Phi) is 5.32. The van der Waals surface area contributed by atoms with Crippen LogP contribution in [0.1, 0.15) is 40.5 Å². The van der Waals surface area contributed by atoms with Gasteiger partial charge < -0.3 is 9.57 Å². The van der Waals surface area contributed by atoms with Gasteiger partial charge in [0.05, 0.1) is 30.2 Å². The maximum atomic E-state index is 12.2. The number of ether oxygens (including phenoxy) is 1. The number of benzene rings is 1. The highest BCUT2D eigenvalue weighted by Gasteiger charge is 2.39. The Morgan fingerprint density at radius 1 is 1.08 bits per heavy atom. The minimum absolute atomic E-state index is 0.0526. The number of imide groups is 1. The van der Waals surface area contributed by atoms with E-state index >= 15 is 0 Å². The van der Waals surface area contributed by atoms with Gasteiger partial charge in [-0.2, -0.15) is 0 Å². The lowest BCUT2D eigenvalue weighted by Crippen LogP contribution is -2.42. The number of hydroxylamine groups is 2. The Hall–Kier alpha value is -2.74. The molecule has 2 amide bonds. The summed E-state index contributed by atoms with van der Waals surface area (Å²) in [5.74, 6) is -2.33. The minimum atomic E-state index is -0.686. The van der Waals surface area contributed by atoms with E-state index in [4.69, 9.17) is 9.57 Å². The van der Waals surface area contributed by atoms with Crippen molar-refractivity contribution in [2.45, 2.75) is 19.8 Å². The topological polar surface area (TPSA) is 93.2 Å². The Morgan fingerprint density at radius 2 is 1.65 bits per heavy atom. The smallest absolute Gasteiger partial charge is 0.347 e. The summed E-state index contributed by atoms with van der Waals surface area (Å²) in [6.45, 7) is 3.15. The molecule has 0 spiro atoms. The van der Waals surface area contributed by atoms with Crippen molar-refractivity contribution in [3.8, 4) is 0 Å². The molecule has 0 bridgehead atoms. The molecule has 0 N–H and O–H groups in total. The van der Waals surface area contributed by atoms with Gasteiger partial charge in [-0.25, -0.2) is 4.79 Å². The zero-order valence-electron chi connectivity index (χ0n) is 14.5. The third-order valence-corrected chi connectivity index (χ3v) is 4.51. The minimum Gasteiger partial charge on any atom is -0.466 e. The number of carbonyl (C=O) groups is 4. The van der Waals surface area contributed by atoms with Crippen molar-refractivity contribution in [1.29, 1.82) is 0 Å². The molecule has 2 heterocycles. The lowest BCUT2D eigenvalue weighted by molar-refractivity contribution is -0.170. The van der Waals surface area contributed by atoms with Crippen molar-refractivity contribution in [2.24, 2.45) is 5.92 Å². The van der Waals surface area contributed by atoms with Gasteiger partial charge in [-0.3, -0.25) is 19.3 Å². The molecule has 3 rings (SSSR count). The summed E-state index contributed by atoms with van der Waals surface area (Å²) in [6.07, 6.45) is 1.19. The highest BCUT2D eigenvalue weighted by Crippen LogP contribution is 2.23. The largest absolute Gasteiger partial charge is 0.466 e. The maximum Gasteiger partial charge on any atom is 0.347 e. The molecule has 1 aromatic rings. The van der Waals surface area contributed by atoms with Crippen LogP contribution in [0, 0.1) is 5.92 Å². The van der Waals surface area contributed by atoms with Crippen molar-refractivity contribution in [2.75, 3.05) is 26.2 Å². The lowest BCUT2D eigenvalue weighted by atomic mass is 9.97. The predicted octanol–water partition coefficient (Wildman–Crippen LogP) is 1.02. The third-order valence-electron chi connectivity index (χ3n) is 4.51. The number of carbonyl (C=O) groups excluding carboxylic acids is 4. The maximum absolute atomic E-state index is 12.2. The lowest BCUT2D eigenvalue weighted by Gasteiger charge is -2.30. The number of nitrogens with zero attached hydrogens (tertiary/aromatic N) is 2. The van der Waals surface area contributed by atoms with E-state index in [9.17, 15) is 19.2 Å². The molecular formula is C18H20N2O6. The number of fused-ring (bicyclic) bond motifs is 1. The number of amides is 2. The predicted molar refractivity (Wildman–Crippen MR) is 88.8 cm³/mol. The first-order valence-corrected chi connectivity index (χ1v) is 8.59. The van der Waals surface area contributed by atoms with Gasteiger partial charge in [0.25, 0.3) is 11.8 Å². The highest BCUT2D eigenvalue weighted by atomic mass is 16.7. The first-order valence-electron chi connectivity index (χ1n) is 8.59. The fourth-order valence-electron chi connectivity index (χ4n) is 3.15. The molecule has 1 saturated heterocycles. The third kappa shape index (κ3) is 3.60. The second-order valence-electron chi connectivity index (χ2n) is 6.22. The fourth-order valence-corrected chi connectivity index (χ4v) is 3.15. The van der Waals surface area contributed by atoms with Crippen LogP contribution < -0.4 is 0 Å². The monoisotopic (exact) mass is 360 g/mol. The van der Waals surface area contributed by atoms with Gasteiger partial charge in [0.15, 0.2) is 0 Å². The van der Waals surface area contributed by atoms with E-state index in [1.807, 2.05) is 4.90 Å². The van der Waals surface area contributed by atoms with E-state index < -0.39 is 17.8 Å². The van der Waals surface area contributed by atoms with E-state index in [0.29, 0.717) is 37.6 Å². The average molecular weight is 360 g/mol. The standard InChI is InChI=1S/C18H20N2O6/c1-2-25-18(24)12-7-9-19(10-8-12)11-15(21)26-20-16(22)13-5-3-4-6-14(13)17(20)23/h3-6,12H,2,7-11H2,1H3. The van der Waals surface area contributed by atoms with Crippen molar-refractivity contribution in [3.63, 3.8) is 0 Å². The first-order chi connectivity index (χ1) is 12.5. The first kappa shape index (κ1) is 18.1. The summed E-state index contributed by atoms with van der Waals surface area (Å²) in [7, 11) is 0. The van der Waals surface area contributed by atoms with Crippen LogP contribution in [0.25, 0.3) is 0 Å². The molecule has 138 valence electrons. The summed E-state index contributed by atoms with van der Waals surface area (Å²) >= 11 is 0. The van der Waals surface area contributed by atoms with E-state index in [1.54, 1.807) is 19.1 Å². The summed E-state index contributed by atoms with van der Waals surface area (Å²) in [6, 6.07) is 6.32. The van der Waals surface area contributed by atoms with E-state index in [0.717, 1.165) is 0 Å². The quantitative estimate of drug-likeness (QED) is 0.571. The van der Waals surface area contributed by atoms with Crippen LogP contribution in [-0.2, 0) is 19.2 Å². The molecule has 0 atom stereocenters. The summed E-state index contributed by atoms with van der Waals surface area (Å²) in [4.78, 5) is 55.0. The zero-order valence-corrected chi connectivity index (χ0v) is 14.5. The number of rotatable bonds is 5. The Morgan fingerprint density at radius 3 is 2.19 bits per heavy atom. The summed E-state index contributed by atoms with van der Waals surface area (Å²) in [5, 5.41) is 0.512. The molecule has 26 heavy (non-hydrogen) atoms. The van der Waals surface area contributed by atoms with Crippen molar-refractivity contribution in [1.82, 2.24) is 9.96 Å². The summed E-state index contributed by atoms with van der Waals surface area (Å²) < 4.78 is 5.01. The SMILES string of the molecule is CCOC(=O)C1CCN(CC(=O)ON2C(=O)c3ccccc3C2=O)CC1. The molecule has 1 fully saturated rings. The van der Waals surface area contributed by atoms with Gasteiger partial charge in [-0.15, -0.1) is 0 Å². The van der Waals surface area contributed by atoms with E-state index in [-0.39, 0.29) is 29.6 Å². The zero-order chi connectivity index (χ0) is 18.7. The van der Waals surface area contributed by atoms with Gasteiger partial charge in [0, 0.05) is 0 Å². The number of esters is 1. The van der Waals surface area contributed by atoms with Crippen LogP contribution in [0.5, 0.6) is 0 Å². The van der Waals surface area contributed by atoms with Crippen LogP contribution in [0.2, 0.25) is 0 Å². The highest BCUT2D eigenvalue weighted by molar-refractivity contribution is 6.20. The molecule has 0 unspecified atom stereocenters. The van der Waals surface area contributed by atoms with Crippen molar-refractivity contribution >= 4 is 23.8 Å². The van der Waals surface area contributed by atoms with Gasteiger partial charge in [0.1, 0.15) is 0 Å². The van der Waals surface area contributed by atoms with E-state index in [1.165, 1.54) is 12.1 Å². The van der Waals surface area contributed by atoms with E-state index in [2.05, 4.69) is 0 Å². The molecule has 8 heteroatoms. The molecule has 8 nitrogen and oxygen atoms in total. The van der Waals surface area contributed by atoms with Gasteiger partial charge in [0.2, 0.25) is 0 Å². The van der Waals surface area contributed by atoms with Crippen molar-refractivity contribution in [3.05, 3.63) is 35.4 Å². The van der Waals surface area contributed by atoms with Crippen molar-refractivity contribution < 1.29 is 28.8 Å². The normalized spacial score (nSPS) is 18.0. The Labute approximate surface area is 150 Å². The fraction of sp³-hybridized carbons (Fsp3) is 0.444. The number of likely N-dealkylation sites (tertiary alicyclic amines) is 1. The molecule has 0 radical (unpaired) electrons. The second kappa shape index (κ2) is 7.65. The van der Waals surface area contributed by atoms with Crippen LogP contribution in [-0.4, -0.2) is 60.0 Å². The Balaban J connectivity index is 1.51. The molecule has 0 aliphatic carbocycles. The molecule has 1 aromatic carbocycles. The van der Waals surface area contributed by atoms with Crippen LogP contribution >= 0.6 is 0 Å². The van der Waals surface area contributed by atoms with Crippen LogP contribution in [0.15, 0.2) is 24.3 Å². The molecule has 0 saturated carbocycles. The molecular weight excluding hydrogens is 340 g/mol. The second-order valence-corrected chi connectivity index (χ2v) is 6.22. The van der Waals surface area contributed by atoms with Gasteiger partial charge in [-0.1, -0.05) is 17.2 Å². The summed E-state index contributed by atoms with van der Waals surface area (Å²) in [5.41, 5.74) is 0.445. The molecule has 2 aliphatic rings. The number of hydrogen-bond donors (Lipinski definition) is 0. The number of hydrogen-bond acceptors (Lipinski definition) is 7. The average Bonchev–Trinajstić information content (AvgIpc) is 2.88. The van der Waals surface area contributed by atoms with Crippen LogP contribution in [0.3, 0.4) is 0 Å². The van der Waals surface area contributed by atoms with Gasteiger partial charge >= 0.3 is 11.9 Å². The van der Waals surface area contributed by atoms with Gasteiger partial charge in [-0.05, 0) is 45.0 Å². The molecule has 0 aromatic heterocycles. The van der Waals surface area contributed by atoms with Crippen LogP contribution in [0.4, 0.5) is 0 Å². The Bertz CT molecular complexity index is 704.